The van der Waals surface area contributed by atoms with Gasteiger partial charge in [0.25, 0.3) is 5.91 Å². The fraction of sp³-hybridized carbons (Fsp3) is 0.412. The molecule has 8 nitrogen and oxygen atoms in total. The lowest BCUT2D eigenvalue weighted by Gasteiger charge is -2.14. The number of hydrogen-bond acceptors (Lipinski definition) is 6. The topological polar surface area (TPSA) is 110 Å². The number of nitrogen functional groups attached to an aromatic ring is 1. The zero-order valence-corrected chi connectivity index (χ0v) is 15.0. The molecule has 2 rings (SSSR count). The quantitative estimate of drug-likeness (QED) is 0.538. The van der Waals surface area contributed by atoms with E-state index in [4.69, 9.17) is 5.73 Å². The molecule has 134 valence electrons. The summed E-state index contributed by atoms with van der Waals surface area (Å²) in [6.07, 6.45) is 0.919. The molecule has 0 aliphatic heterocycles. The van der Waals surface area contributed by atoms with Crippen molar-refractivity contribution < 1.29 is 9.69 Å². The maximum absolute atomic E-state index is 11.8. The molecule has 0 bridgehead atoms. The van der Waals surface area contributed by atoms with Gasteiger partial charge in [-0.25, -0.2) is 0 Å². The Hall–Kier alpha value is -2.74. The molecule has 8 heteroatoms. The van der Waals surface area contributed by atoms with Crippen LogP contribution in [0.25, 0.3) is 0 Å². The Kier molecular flexibility index (Phi) is 6.64. The summed E-state index contributed by atoms with van der Waals surface area (Å²) in [6, 6.07) is 7.86. The molecule has 0 saturated heterocycles. The van der Waals surface area contributed by atoms with Gasteiger partial charge in [-0.15, -0.1) is 0 Å². The third-order valence-electron chi connectivity index (χ3n) is 3.58. The minimum Gasteiger partial charge on any atom is -0.368 e. The van der Waals surface area contributed by atoms with Crippen LogP contribution in [-0.2, 0) is 11.3 Å². The van der Waals surface area contributed by atoms with E-state index in [1.807, 2.05) is 45.2 Å². The van der Waals surface area contributed by atoms with Gasteiger partial charge in [0, 0.05) is 12.2 Å². The number of nitrogens with zero attached hydrogens (tertiary/aromatic N) is 3. The summed E-state index contributed by atoms with van der Waals surface area (Å²) in [5.74, 6) is 1.12. The molecular formula is C17H26N7O+. The highest BCUT2D eigenvalue weighted by Gasteiger charge is 2.13. The van der Waals surface area contributed by atoms with E-state index in [1.54, 1.807) is 0 Å². The van der Waals surface area contributed by atoms with Crippen LogP contribution in [0.2, 0.25) is 0 Å². The summed E-state index contributed by atoms with van der Waals surface area (Å²) in [4.78, 5) is 25.5. The van der Waals surface area contributed by atoms with Crippen LogP contribution >= 0.6 is 0 Å². The van der Waals surface area contributed by atoms with Gasteiger partial charge in [-0.2, -0.15) is 15.0 Å². The predicted molar refractivity (Wildman–Crippen MR) is 97.5 cm³/mol. The number of quaternary nitrogens is 1. The van der Waals surface area contributed by atoms with Crippen LogP contribution in [0.15, 0.2) is 24.3 Å². The Bertz CT molecular complexity index is 720. The second kappa shape index (κ2) is 8.93. The lowest BCUT2D eigenvalue weighted by molar-refractivity contribution is -0.886. The number of carbonyl (C=O) groups is 1. The number of amides is 1. The molecule has 1 unspecified atom stereocenters. The van der Waals surface area contributed by atoms with Gasteiger partial charge in [-0.05, 0) is 25.0 Å². The average Bonchev–Trinajstić information content (AvgIpc) is 2.54. The molecule has 2 aromatic rings. The zero-order valence-electron chi connectivity index (χ0n) is 15.0. The van der Waals surface area contributed by atoms with E-state index in [9.17, 15) is 4.79 Å². The summed E-state index contributed by atoms with van der Waals surface area (Å²) in [7, 11) is 1.92. The first-order valence-corrected chi connectivity index (χ1v) is 8.39. The Morgan fingerprint density at radius 2 is 2.00 bits per heavy atom. The van der Waals surface area contributed by atoms with Crippen molar-refractivity contribution in [3.8, 4) is 0 Å². The van der Waals surface area contributed by atoms with Gasteiger partial charge < -0.3 is 21.3 Å². The van der Waals surface area contributed by atoms with Crippen LogP contribution in [0, 0.1) is 6.92 Å². The highest BCUT2D eigenvalue weighted by molar-refractivity contribution is 5.76. The van der Waals surface area contributed by atoms with Crippen LogP contribution in [0.1, 0.15) is 24.7 Å². The molecule has 25 heavy (non-hydrogen) atoms. The predicted octanol–water partition coefficient (Wildman–Crippen LogP) is 0.0467. The molecule has 1 atom stereocenters. The van der Waals surface area contributed by atoms with Crippen molar-refractivity contribution in [2.45, 2.75) is 26.8 Å². The van der Waals surface area contributed by atoms with Crippen molar-refractivity contribution in [1.29, 1.82) is 0 Å². The van der Waals surface area contributed by atoms with Gasteiger partial charge in [0.1, 0.15) is 6.54 Å². The summed E-state index contributed by atoms with van der Waals surface area (Å²) in [5.41, 5.74) is 7.80. The second-order valence-electron chi connectivity index (χ2n) is 6.03. The van der Waals surface area contributed by atoms with Crippen molar-refractivity contribution >= 4 is 23.5 Å². The number of aryl methyl sites for hydroxylation is 1. The molecule has 1 aromatic carbocycles. The van der Waals surface area contributed by atoms with Gasteiger partial charge >= 0.3 is 0 Å². The van der Waals surface area contributed by atoms with E-state index in [-0.39, 0.29) is 11.9 Å². The number of para-hydroxylation sites is 1. The first-order chi connectivity index (χ1) is 12.0. The fourth-order valence-corrected chi connectivity index (χ4v) is 2.34. The molecule has 0 radical (unpaired) electrons. The summed E-state index contributed by atoms with van der Waals surface area (Å²) in [5, 5.41) is 6.03. The molecular weight excluding hydrogens is 318 g/mol. The molecule has 1 amide bonds. The van der Waals surface area contributed by atoms with Crippen LogP contribution in [0.5, 0.6) is 0 Å². The second-order valence-corrected chi connectivity index (χ2v) is 6.03. The average molecular weight is 344 g/mol. The Morgan fingerprint density at radius 1 is 1.24 bits per heavy atom. The number of carbonyl (C=O) groups excluding carboxylic acids is 1. The number of rotatable bonds is 8. The summed E-state index contributed by atoms with van der Waals surface area (Å²) < 4.78 is 0. The SMILES string of the molecule is CCCNC(=O)C[NH+](C)Cc1nc(N)nc(Nc2ccccc2C)n1. The van der Waals surface area contributed by atoms with Crippen molar-refractivity contribution in [3.63, 3.8) is 0 Å². The smallest absolute Gasteiger partial charge is 0.275 e. The standard InChI is InChI=1S/C17H25N7O/c1-4-9-19-15(25)11-24(3)10-14-21-16(18)23-17(22-14)20-13-8-6-5-7-12(13)2/h5-8H,4,9-11H2,1-3H3,(H,19,25)(H3,18,20,21,22,23)/p+1. The van der Waals surface area contributed by atoms with Crippen LogP contribution in [0.3, 0.4) is 0 Å². The van der Waals surface area contributed by atoms with E-state index in [0.29, 0.717) is 31.4 Å². The first kappa shape index (κ1) is 18.6. The molecule has 0 spiro atoms. The van der Waals surface area contributed by atoms with Gasteiger partial charge in [-0.3, -0.25) is 4.79 Å². The van der Waals surface area contributed by atoms with Crippen LogP contribution in [-0.4, -0.2) is 41.0 Å². The summed E-state index contributed by atoms with van der Waals surface area (Å²) >= 11 is 0. The molecule has 0 aliphatic carbocycles. The number of nitrogens with two attached hydrogens (primary N) is 1. The van der Waals surface area contributed by atoms with Gasteiger partial charge in [0.05, 0.1) is 7.05 Å². The van der Waals surface area contributed by atoms with E-state index in [2.05, 4.69) is 25.6 Å². The minimum absolute atomic E-state index is 0.0136. The Labute approximate surface area is 147 Å². The normalized spacial score (nSPS) is 11.8. The molecule has 0 aliphatic rings. The van der Waals surface area contributed by atoms with Crippen molar-refractivity contribution in [2.24, 2.45) is 0 Å². The number of anilines is 3. The monoisotopic (exact) mass is 344 g/mol. The summed E-state index contributed by atoms with van der Waals surface area (Å²) in [6.45, 7) is 5.55. The number of hydrogen-bond donors (Lipinski definition) is 4. The van der Waals surface area contributed by atoms with Gasteiger partial charge in [0.15, 0.2) is 12.4 Å². The van der Waals surface area contributed by atoms with Crippen LogP contribution in [0.4, 0.5) is 17.6 Å². The Balaban J connectivity index is 2.03. The molecule has 5 N–H and O–H groups in total. The zero-order chi connectivity index (χ0) is 18.2. The maximum Gasteiger partial charge on any atom is 0.275 e. The van der Waals surface area contributed by atoms with Crippen molar-refractivity contribution in [1.82, 2.24) is 20.3 Å². The number of likely N-dealkylation sites (N-methyl/N-ethyl adjacent to an activating group) is 1. The third kappa shape index (κ3) is 6.00. The molecule has 0 fully saturated rings. The fourth-order valence-electron chi connectivity index (χ4n) is 2.34. The van der Waals surface area contributed by atoms with E-state index in [1.165, 1.54) is 0 Å². The largest absolute Gasteiger partial charge is 0.368 e. The van der Waals surface area contributed by atoms with Crippen molar-refractivity contribution in [3.05, 3.63) is 35.7 Å². The van der Waals surface area contributed by atoms with Crippen molar-refractivity contribution in [2.75, 3.05) is 31.2 Å². The van der Waals surface area contributed by atoms with Gasteiger partial charge in [-0.1, -0.05) is 25.1 Å². The number of nitrogens with one attached hydrogen (secondary N) is 3. The van der Waals surface area contributed by atoms with E-state index in [0.717, 1.165) is 22.6 Å². The van der Waals surface area contributed by atoms with Gasteiger partial charge in [0.2, 0.25) is 11.9 Å². The highest BCUT2D eigenvalue weighted by atomic mass is 16.2. The minimum atomic E-state index is 0.0136. The molecule has 1 heterocycles. The number of benzene rings is 1. The van der Waals surface area contributed by atoms with E-state index >= 15 is 0 Å². The molecule has 0 saturated carbocycles. The highest BCUT2D eigenvalue weighted by Crippen LogP contribution is 2.17. The Morgan fingerprint density at radius 3 is 2.72 bits per heavy atom. The third-order valence-corrected chi connectivity index (χ3v) is 3.58. The van der Waals surface area contributed by atoms with Crippen LogP contribution < -0.4 is 21.3 Å². The number of aromatic nitrogens is 3. The maximum atomic E-state index is 11.8. The van der Waals surface area contributed by atoms with E-state index < -0.39 is 0 Å². The lowest BCUT2D eigenvalue weighted by Crippen LogP contribution is -3.09. The first-order valence-electron chi connectivity index (χ1n) is 8.39. The lowest BCUT2D eigenvalue weighted by atomic mass is 10.2. The molecule has 1 aromatic heterocycles.